The molecule has 222 valence electrons. The maximum Gasteiger partial charge on any atom is 0.416 e. The lowest BCUT2D eigenvalue weighted by Crippen LogP contribution is -2.26. The second-order valence-electron chi connectivity index (χ2n) is 10.00. The highest BCUT2D eigenvalue weighted by Gasteiger charge is 2.38. The quantitative estimate of drug-likeness (QED) is 0.207. The normalized spacial score (nSPS) is 16.4. The molecule has 3 aromatic carbocycles. The molecular weight excluding hydrogens is 588 g/mol. The molecule has 2 aliphatic rings. The van der Waals surface area contributed by atoms with Gasteiger partial charge < -0.3 is 19.9 Å². The van der Waals surface area contributed by atoms with Crippen molar-refractivity contribution in [1.29, 1.82) is 0 Å². The van der Waals surface area contributed by atoms with Crippen LogP contribution in [-0.2, 0) is 18.8 Å². The van der Waals surface area contributed by atoms with Crippen molar-refractivity contribution < 1.29 is 45.7 Å². The number of benzene rings is 3. The lowest BCUT2D eigenvalue weighted by Gasteiger charge is -2.26. The Kier molecular flexibility index (Phi) is 8.06. The van der Waals surface area contributed by atoms with Gasteiger partial charge in [-0.05, 0) is 79.3 Å². The van der Waals surface area contributed by atoms with Crippen LogP contribution in [0.2, 0.25) is 5.02 Å². The van der Waals surface area contributed by atoms with Crippen molar-refractivity contribution in [3.05, 3.63) is 98.8 Å². The van der Waals surface area contributed by atoms with E-state index >= 15 is 0 Å². The van der Waals surface area contributed by atoms with E-state index < -0.39 is 29.4 Å². The minimum atomic E-state index is -4.99. The minimum absolute atomic E-state index is 0.0741. The third kappa shape index (κ3) is 6.61. The summed E-state index contributed by atoms with van der Waals surface area (Å²) in [4.78, 5) is 12.5. The highest BCUT2D eigenvalue weighted by molar-refractivity contribution is 6.32. The van der Waals surface area contributed by atoms with E-state index in [-0.39, 0.29) is 36.1 Å². The highest BCUT2D eigenvalue weighted by Crippen LogP contribution is 2.46. The molecule has 0 saturated heterocycles. The van der Waals surface area contributed by atoms with E-state index in [9.17, 15) is 36.2 Å². The first-order chi connectivity index (χ1) is 19.8. The van der Waals surface area contributed by atoms with Crippen LogP contribution in [0.15, 0.2) is 65.9 Å². The van der Waals surface area contributed by atoms with Crippen LogP contribution in [0.3, 0.4) is 0 Å². The summed E-state index contributed by atoms with van der Waals surface area (Å²) in [5, 5.41) is 13.3. The zero-order valence-electron chi connectivity index (χ0n) is 21.8. The van der Waals surface area contributed by atoms with Crippen LogP contribution in [0, 0.1) is 0 Å². The number of alkyl halides is 6. The van der Waals surface area contributed by atoms with Crippen molar-refractivity contribution in [1.82, 2.24) is 5.32 Å². The molecule has 1 atom stereocenters. The number of hydrogen-bond donors (Lipinski definition) is 2. The van der Waals surface area contributed by atoms with Crippen LogP contribution in [0.1, 0.15) is 57.8 Å². The average molecular weight is 612 g/mol. The van der Waals surface area contributed by atoms with Crippen molar-refractivity contribution in [3.63, 3.8) is 0 Å². The molecule has 1 aliphatic carbocycles. The molecule has 0 aromatic heterocycles. The van der Waals surface area contributed by atoms with Crippen LogP contribution in [0.4, 0.5) is 26.3 Å². The van der Waals surface area contributed by atoms with Crippen molar-refractivity contribution in [2.75, 3.05) is 13.2 Å². The molecule has 1 amide bonds. The first kappa shape index (κ1) is 29.6. The van der Waals surface area contributed by atoms with Crippen molar-refractivity contribution in [2.45, 2.75) is 44.0 Å². The Morgan fingerprint density at radius 3 is 2.36 bits per heavy atom. The third-order valence-corrected chi connectivity index (χ3v) is 7.36. The third-order valence-electron chi connectivity index (χ3n) is 7.06. The van der Waals surface area contributed by atoms with Gasteiger partial charge in [0.2, 0.25) is 0 Å². The van der Waals surface area contributed by atoms with Gasteiger partial charge in [-0.1, -0.05) is 17.7 Å². The molecule has 5 nitrogen and oxygen atoms in total. The van der Waals surface area contributed by atoms with E-state index in [0.717, 1.165) is 30.0 Å². The molecule has 1 fully saturated rings. The summed E-state index contributed by atoms with van der Waals surface area (Å²) < 4.78 is 90.4. The Hall–Kier alpha value is -3.86. The first-order valence-corrected chi connectivity index (χ1v) is 13.4. The van der Waals surface area contributed by atoms with Gasteiger partial charge in [0.25, 0.3) is 5.91 Å². The number of allylic oxidation sites excluding steroid dienone is 2. The molecule has 0 bridgehead atoms. The first-order valence-electron chi connectivity index (χ1n) is 13.0. The molecule has 1 aliphatic heterocycles. The van der Waals surface area contributed by atoms with Crippen molar-refractivity contribution in [3.8, 4) is 17.2 Å². The largest absolute Gasteiger partial charge is 0.512 e. The number of carbonyl (C=O) groups excluding carboxylic acids is 1. The van der Waals surface area contributed by atoms with Gasteiger partial charge in [-0.2, -0.15) is 26.3 Å². The number of rotatable bonds is 7. The number of amides is 1. The molecule has 1 heterocycles. The van der Waals surface area contributed by atoms with Gasteiger partial charge in [0, 0.05) is 29.7 Å². The molecule has 42 heavy (non-hydrogen) atoms. The van der Waals surface area contributed by atoms with Crippen molar-refractivity contribution in [2.24, 2.45) is 0 Å². The fourth-order valence-corrected chi connectivity index (χ4v) is 4.98. The fraction of sp³-hybridized carbons (Fsp3) is 0.300. The van der Waals surface area contributed by atoms with Gasteiger partial charge >= 0.3 is 12.4 Å². The molecule has 2 N–H and O–H groups in total. The number of nitrogens with one attached hydrogen (secondary N) is 1. The van der Waals surface area contributed by atoms with Gasteiger partial charge in [-0.25, -0.2) is 0 Å². The predicted molar refractivity (Wildman–Crippen MR) is 142 cm³/mol. The van der Waals surface area contributed by atoms with E-state index in [1.165, 1.54) is 24.3 Å². The monoisotopic (exact) mass is 611 g/mol. The molecule has 0 spiro atoms. The second-order valence-corrected chi connectivity index (χ2v) is 10.4. The van der Waals surface area contributed by atoms with Crippen LogP contribution in [0.5, 0.6) is 17.2 Å². The van der Waals surface area contributed by atoms with Crippen LogP contribution < -0.4 is 14.8 Å². The smallest absolute Gasteiger partial charge is 0.416 e. The van der Waals surface area contributed by atoms with Crippen LogP contribution in [0.25, 0.3) is 0 Å². The molecule has 12 heteroatoms. The average Bonchev–Trinajstić information content (AvgIpc) is 3.78. The number of hydrogen-bond acceptors (Lipinski definition) is 4. The van der Waals surface area contributed by atoms with Gasteiger partial charge in [0.15, 0.2) is 0 Å². The standard InChI is InChI=1S/C30H24ClF6NO4/c31-24-14-22-21(27(39)17-1-2-17)10-12-41-25(22)15-26(24)42-20-7-4-18(5-8-20)28(40)38-11-9-16-3-6-19(29(32,33)34)13-23(16)30(35,36)37/h3-8,13-15,21,39H,1-2,9-12H2,(H,38,40). The van der Waals surface area contributed by atoms with Crippen LogP contribution >= 0.6 is 11.6 Å². The Labute approximate surface area is 241 Å². The molecule has 0 radical (unpaired) electrons. The summed E-state index contributed by atoms with van der Waals surface area (Å²) in [5.74, 6) is 0.814. The topological polar surface area (TPSA) is 67.8 Å². The van der Waals surface area contributed by atoms with E-state index in [2.05, 4.69) is 5.32 Å². The summed E-state index contributed by atoms with van der Waals surface area (Å²) >= 11 is 6.47. The van der Waals surface area contributed by atoms with Gasteiger partial charge in [0.05, 0.1) is 28.5 Å². The Balaban J connectivity index is 1.22. The lowest BCUT2D eigenvalue weighted by atomic mass is 9.90. The summed E-state index contributed by atoms with van der Waals surface area (Å²) in [7, 11) is 0. The fourth-order valence-electron chi connectivity index (χ4n) is 4.77. The van der Waals surface area contributed by atoms with Gasteiger partial charge in [-0.3, -0.25) is 4.79 Å². The summed E-state index contributed by atoms with van der Waals surface area (Å²) in [6.45, 7) is 0.194. The lowest BCUT2D eigenvalue weighted by molar-refractivity contribution is -0.143. The maximum absolute atomic E-state index is 13.4. The molecule has 1 unspecified atom stereocenters. The van der Waals surface area contributed by atoms with E-state index in [0.29, 0.717) is 47.1 Å². The minimum Gasteiger partial charge on any atom is -0.512 e. The second kappa shape index (κ2) is 11.4. The van der Waals surface area contributed by atoms with Gasteiger partial charge in [0.1, 0.15) is 17.2 Å². The highest BCUT2D eigenvalue weighted by atomic mass is 35.5. The number of aliphatic hydroxyl groups is 1. The van der Waals surface area contributed by atoms with Crippen LogP contribution in [-0.4, -0.2) is 24.2 Å². The molecule has 3 aromatic rings. The summed E-state index contributed by atoms with van der Waals surface area (Å²) in [5.41, 5.74) is -1.15. The number of fused-ring (bicyclic) bond motifs is 1. The number of halogens is 7. The summed E-state index contributed by atoms with van der Waals surface area (Å²) in [6, 6.07) is 10.7. The molecular formula is C30H24ClF6NO4. The Bertz CT molecular complexity index is 1530. The SMILES string of the molecule is O=C(NCCc1ccc(C(F)(F)F)cc1C(F)(F)F)c1ccc(Oc2cc3c(cc2Cl)C(C(O)=C2CC2)CCO3)cc1. The molecule has 1 saturated carbocycles. The Morgan fingerprint density at radius 2 is 1.71 bits per heavy atom. The molecule has 5 rings (SSSR count). The maximum atomic E-state index is 13.4. The number of carbonyl (C=O) groups is 1. The summed E-state index contributed by atoms with van der Waals surface area (Å²) in [6.07, 6.45) is -7.81. The van der Waals surface area contributed by atoms with E-state index in [1.807, 2.05) is 0 Å². The zero-order valence-corrected chi connectivity index (χ0v) is 22.6. The van der Waals surface area contributed by atoms with Gasteiger partial charge in [-0.15, -0.1) is 0 Å². The van der Waals surface area contributed by atoms with Crippen molar-refractivity contribution >= 4 is 17.5 Å². The zero-order chi connectivity index (χ0) is 30.2. The number of ether oxygens (including phenoxy) is 2. The predicted octanol–water partition coefficient (Wildman–Crippen LogP) is 8.61. The van der Waals surface area contributed by atoms with E-state index in [1.54, 1.807) is 12.1 Å². The number of aliphatic hydroxyl groups excluding tert-OH is 1. The van der Waals surface area contributed by atoms with E-state index in [4.69, 9.17) is 21.1 Å². The Morgan fingerprint density at radius 1 is 1.00 bits per heavy atom.